The minimum Gasteiger partial charge on any atom is -0.477 e. The summed E-state index contributed by atoms with van der Waals surface area (Å²) < 4.78 is 4.55. The summed E-state index contributed by atoms with van der Waals surface area (Å²) >= 11 is 0. The maximum atomic E-state index is 10.7. The van der Waals surface area contributed by atoms with Crippen LogP contribution in [0.25, 0.3) is 11.5 Å². The van der Waals surface area contributed by atoms with Crippen molar-refractivity contribution >= 4 is 5.97 Å². The minimum atomic E-state index is -1.12. The molecule has 0 aromatic carbocycles. The van der Waals surface area contributed by atoms with Crippen LogP contribution in [0.4, 0.5) is 0 Å². The fourth-order valence-corrected chi connectivity index (χ4v) is 0.971. The summed E-state index contributed by atoms with van der Waals surface area (Å²) in [5.74, 6) is -0.882. The zero-order chi connectivity index (χ0) is 9.97. The lowest BCUT2D eigenvalue weighted by molar-refractivity contribution is 0.0697. The van der Waals surface area contributed by atoms with Gasteiger partial charge < -0.3 is 9.63 Å². The third-order valence-corrected chi connectivity index (χ3v) is 1.58. The molecule has 6 nitrogen and oxygen atoms in total. The molecule has 0 atom stereocenters. The van der Waals surface area contributed by atoms with Crippen LogP contribution in [0.5, 0.6) is 0 Å². The average molecular weight is 191 g/mol. The molecular formula is C8H5N3O3. The van der Waals surface area contributed by atoms with Gasteiger partial charge in [0.05, 0.1) is 0 Å². The average Bonchev–Trinajstić information content (AvgIpc) is 2.67. The molecule has 0 amide bonds. The second-order valence-corrected chi connectivity index (χ2v) is 2.45. The Morgan fingerprint density at radius 1 is 1.36 bits per heavy atom. The van der Waals surface area contributed by atoms with E-state index in [4.69, 9.17) is 5.11 Å². The van der Waals surface area contributed by atoms with Gasteiger partial charge in [0.15, 0.2) is 11.5 Å². The van der Waals surface area contributed by atoms with Gasteiger partial charge in [-0.25, -0.2) is 14.8 Å². The van der Waals surface area contributed by atoms with Gasteiger partial charge in [0.2, 0.25) is 0 Å². The lowest BCUT2D eigenvalue weighted by Gasteiger charge is -1.93. The normalized spacial score (nSPS) is 10.0. The van der Waals surface area contributed by atoms with Gasteiger partial charge in [-0.15, -0.1) is 0 Å². The Kier molecular flexibility index (Phi) is 1.94. The highest BCUT2D eigenvalue weighted by Crippen LogP contribution is 2.16. The lowest BCUT2D eigenvalue weighted by Crippen LogP contribution is -1.98. The molecule has 70 valence electrons. The molecule has 0 bridgehead atoms. The first-order valence-electron chi connectivity index (χ1n) is 3.74. The maximum absolute atomic E-state index is 10.7. The number of carboxylic acids is 1. The zero-order valence-corrected chi connectivity index (χ0v) is 6.91. The quantitative estimate of drug-likeness (QED) is 0.756. The van der Waals surface area contributed by atoms with E-state index < -0.39 is 5.97 Å². The van der Waals surface area contributed by atoms with E-state index in [9.17, 15) is 4.79 Å². The van der Waals surface area contributed by atoms with Crippen LogP contribution in [-0.2, 0) is 0 Å². The van der Waals surface area contributed by atoms with Crippen molar-refractivity contribution in [3.63, 3.8) is 0 Å². The Labute approximate surface area is 78.2 Å². The molecule has 0 saturated carbocycles. The van der Waals surface area contributed by atoms with Crippen LogP contribution in [0.2, 0.25) is 0 Å². The molecular weight excluding hydrogens is 186 g/mol. The van der Waals surface area contributed by atoms with Crippen molar-refractivity contribution in [3.8, 4) is 11.5 Å². The van der Waals surface area contributed by atoms with Gasteiger partial charge in [0.1, 0.15) is 11.8 Å². The summed E-state index contributed by atoms with van der Waals surface area (Å²) in [5.41, 5.74) is 0.0919. The molecule has 14 heavy (non-hydrogen) atoms. The van der Waals surface area contributed by atoms with Crippen molar-refractivity contribution in [2.45, 2.75) is 0 Å². The summed E-state index contributed by atoms with van der Waals surface area (Å²) in [7, 11) is 0. The molecule has 2 aromatic heterocycles. The van der Waals surface area contributed by atoms with Crippen LogP contribution in [0, 0.1) is 0 Å². The number of carboxylic acid groups (broad SMARTS) is 1. The number of hydrogen-bond donors (Lipinski definition) is 1. The van der Waals surface area contributed by atoms with E-state index in [1.807, 2.05) is 0 Å². The predicted octanol–water partition coefficient (Wildman–Crippen LogP) is 0.830. The highest BCUT2D eigenvalue weighted by atomic mass is 16.5. The van der Waals surface area contributed by atoms with Crippen LogP contribution < -0.4 is 0 Å². The number of carbonyl (C=O) groups is 1. The molecule has 6 heteroatoms. The molecule has 2 aromatic rings. The minimum absolute atomic E-state index is 0.0452. The molecule has 0 unspecified atom stereocenters. The fraction of sp³-hybridized carbons (Fsp3) is 0. The topological polar surface area (TPSA) is 89.1 Å². The molecule has 0 aliphatic heterocycles. The fourth-order valence-electron chi connectivity index (χ4n) is 0.971. The molecule has 0 aliphatic carbocycles. The molecule has 0 spiro atoms. The third kappa shape index (κ3) is 1.33. The molecule has 1 N–H and O–H groups in total. The molecule has 0 radical (unpaired) electrons. The second kappa shape index (κ2) is 3.25. The molecule has 2 rings (SSSR count). The van der Waals surface area contributed by atoms with Gasteiger partial charge in [-0.1, -0.05) is 5.16 Å². The van der Waals surface area contributed by atoms with Crippen molar-refractivity contribution in [2.75, 3.05) is 0 Å². The van der Waals surface area contributed by atoms with E-state index >= 15 is 0 Å². The Bertz CT molecular complexity index is 452. The maximum Gasteiger partial charge on any atom is 0.341 e. The highest BCUT2D eigenvalue weighted by molar-refractivity contribution is 5.93. The van der Waals surface area contributed by atoms with Gasteiger partial charge >= 0.3 is 5.97 Å². The third-order valence-electron chi connectivity index (χ3n) is 1.58. The molecule has 0 aliphatic rings. The SMILES string of the molecule is O=C(O)c1conc1-c1ncccn1. The van der Waals surface area contributed by atoms with Crippen LogP contribution in [-0.4, -0.2) is 26.2 Å². The summed E-state index contributed by atoms with van der Waals surface area (Å²) in [6, 6.07) is 1.63. The van der Waals surface area contributed by atoms with Crippen LogP contribution >= 0.6 is 0 Å². The van der Waals surface area contributed by atoms with Crippen LogP contribution in [0.3, 0.4) is 0 Å². The van der Waals surface area contributed by atoms with Gasteiger partial charge in [0, 0.05) is 12.4 Å². The summed E-state index contributed by atoms with van der Waals surface area (Å²) in [6.45, 7) is 0. The standard InChI is InChI=1S/C8H5N3O3/c12-8(13)5-4-14-11-6(5)7-9-2-1-3-10-7/h1-4H,(H,12,13). The Hall–Kier alpha value is -2.24. The van der Waals surface area contributed by atoms with Crippen molar-refractivity contribution in [1.82, 2.24) is 15.1 Å². The highest BCUT2D eigenvalue weighted by Gasteiger charge is 2.17. The first kappa shape index (κ1) is 8.36. The Balaban J connectivity index is 2.52. The monoisotopic (exact) mass is 191 g/mol. The summed E-state index contributed by atoms with van der Waals surface area (Å²) in [4.78, 5) is 18.4. The van der Waals surface area contributed by atoms with Crippen molar-refractivity contribution in [1.29, 1.82) is 0 Å². The van der Waals surface area contributed by atoms with E-state index in [1.165, 1.54) is 12.4 Å². The number of nitrogens with zero attached hydrogens (tertiary/aromatic N) is 3. The van der Waals surface area contributed by atoms with Crippen LogP contribution in [0.1, 0.15) is 10.4 Å². The van der Waals surface area contributed by atoms with Crippen molar-refractivity contribution in [3.05, 3.63) is 30.3 Å². The second-order valence-electron chi connectivity index (χ2n) is 2.45. The zero-order valence-electron chi connectivity index (χ0n) is 6.91. The van der Waals surface area contributed by atoms with E-state index in [2.05, 4.69) is 19.6 Å². The van der Waals surface area contributed by atoms with Crippen molar-refractivity contribution < 1.29 is 14.4 Å². The van der Waals surface area contributed by atoms with E-state index in [0.717, 1.165) is 6.26 Å². The number of hydrogen-bond acceptors (Lipinski definition) is 5. The Morgan fingerprint density at radius 3 is 2.71 bits per heavy atom. The van der Waals surface area contributed by atoms with Gasteiger partial charge in [-0.3, -0.25) is 0 Å². The van der Waals surface area contributed by atoms with Gasteiger partial charge in [-0.2, -0.15) is 0 Å². The first-order chi connectivity index (χ1) is 6.79. The summed E-state index contributed by atoms with van der Waals surface area (Å²) in [5, 5.41) is 12.3. The summed E-state index contributed by atoms with van der Waals surface area (Å²) in [6.07, 6.45) is 4.05. The largest absolute Gasteiger partial charge is 0.477 e. The van der Waals surface area contributed by atoms with Gasteiger partial charge in [-0.05, 0) is 6.07 Å². The predicted molar refractivity (Wildman–Crippen MR) is 44.5 cm³/mol. The molecule has 0 fully saturated rings. The van der Waals surface area contributed by atoms with Crippen LogP contribution in [0.15, 0.2) is 29.2 Å². The van der Waals surface area contributed by atoms with E-state index in [1.54, 1.807) is 6.07 Å². The number of aromatic carboxylic acids is 1. The Morgan fingerprint density at radius 2 is 2.07 bits per heavy atom. The number of aromatic nitrogens is 3. The molecule has 0 saturated heterocycles. The number of rotatable bonds is 2. The van der Waals surface area contributed by atoms with E-state index in [-0.39, 0.29) is 17.1 Å². The van der Waals surface area contributed by atoms with Gasteiger partial charge in [0.25, 0.3) is 0 Å². The first-order valence-corrected chi connectivity index (χ1v) is 3.74. The van der Waals surface area contributed by atoms with E-state index in [0.29, 0.717) is 0 Å². The molecule has 2 heterocycles. The van der Waals surface area contributed by atoms with Crippen molar-refractivity contribution in [2.24, 2.45) is 0 Å². The smallest absolute Gasteiger partial charge is 0.341 e. The lowest BCUT2D eigenvalue weighted by atomic mass is 10.2.